The van der Waals surface area contributed by atoms with Gasteiger partial charge < -0.3 is 16.4 Å². The third-order valence-electron chi connectivity index (χ3n) is 4.63. The zero-order chi connectivity index (χ0) is 16.8. The van der Waals surface area contributed by atoms with Crippen LogP contribution in [-0.4, -0.2) is 35.8 Å². The summed E-state index contributed by atoms with van der Waals surface area (Å²) in [7, 11) is 0. The van der Waals surface area contributed by atoms with Gasteiger partial charge in [0.15, 0.2) is 0 Å². The van der Waals surface area contributed by atoms with Crippen LogP contribution in [0.25, 0.3) is 0 Å². The molecule has 134 valence electrons. The first-order valence-corrected chi connectivity index (χ1v) is 8.34. The van der Waals surface area contributed by atoms with Crippen LogP contribution in [0.1, 0.15) is 36.8 Å². The van der Waals surface area contributed by atoms with Crippen LogP contribution in [0.2, 0.25) is 0 Å². The minimum absolute atomic E-state index is 0. The minimum Gasteiger partial charge on any atom is -0.370 e. The molecule has 2 rings (SSSR count). The van der Waals surface area contributed by atoms with E-state index in [1.54, 1.807) is 4.90 Å². The molecule has 6 heteroatoms. The maximum Gasteiger partial charge on any atom is 0.240 e. The summed E-state index contributed by atoms with van der Waals surface area (Å²) in [5.74, 6) is -0.0349. The van der Waals surface area contributed by atoms with Crippen molar-refractivity contribution in [2.24, 2.45) is 17.4 Å². The first-order valence-electron chi connectivity index (χ1n) is 8.34. The summed E-state index contributed by atoms with van der Waals surface area (Å²) in [6.45, 7) is 3.55. The summed E-state index contributed by atoms with van der Waals surface area (Å²) in [4.78, 5) is 24.8. The molecule has 0 spiro atoms. The van der Waals surface area contributed by atoms with Crippen LogP contribution in [0.5, 0.6) is 0 Å². The van der Waals surface area contributed by atoms with E-state index in [4.69, 9.17) is 11.5 Å². The molecule has 1 aromatic carbocycles. The molecule has 1 aromatic rings. The fourth-order valence-corrected chi connectivity index (χ4v) is 3.11. The first-order chi connectivity index (χ1) is 11.0. The molecular formula is C18H28ClN3O2. The standard InChI is InChI=1S/C18H27N3O2.ClH/c1-13-2-4-14(5-3-13)6-7-15-8-10-21(11-9-15)18(23)16(19)12-17(20)22;/h2-5,15-16H,6-12,19H2,1H3,(H2,20,22);1H. The number of hydrogen-bond donors (Lipinski definition) is 2. The van der Waals surface area contributed by atoms with Gasteiger partial charge in [0.25, 0.3) is 0 Å². The largest absolute Gasteiger partial charge is 0.370 e. The van der Waals surface area contributed by atoms with Crippen LogP contribution >= 0.6 is 12.4 Å². The van der Waals surface area contributed by atoms with Gasteiger partial charge in [-0.3, -0.25) is 9.59 Å². The Bertz CT molecular complexity index is 540. The van der Waals surface area contributed by atoms with Gasteiger partial charge >= 0.3 is 0 Å². The van der Waals surface area contributed by atoms with Gasteiger partial charge in [-0.1, -0.05) is 29.8 Å². The lowest BCUT2D eigenvalue weighted by atomic mass is 9.90. The van der Waals surface area contributed by atoms with Crippen LogP contribution in [0.4, 0.5) is 0 Å². The van der Waals surface area contributed by atoms with Crippen molar-refractivity contribution in [1.29, 1.82) is 0 Å². The Kier molecular flexibility index (Phi) is 8.22. The molecule has 0 saturated carbocycles. The van der Waals surface area contributed by atoms with E-state index in [0.29, 0.717) is 5.92 Å². The number of nitrogens with two attached hydrogens (primary N) is 2. The zero-order valence-electron chi connectivity index (χ0n) is 14.2. The van der Waals surface area contributed by atoms with Crippen molar-refractivity contribution in [3.8, 4) is 0 Å². The fraction of sp³-hybridized carbons (Fsp3) is 0.556. The molecule has 2 amide bonds. The van der Waals surface area contributed by atoms with Gasteiger partial charge in [-0.05, 0) is 44.1 Å². The summed E-state index contributed by atoms with van der Waals surface area (Å²) in [6.07, 6.45) is 4.16. The second kappa shape index (κ2) is 9.64. The molecule has 0 bridgehead atoms. The number of benzene rings is 1. The van der Waals surface area contributed by atoms with Gasteiger partial charge in [0.2, 0.25) is 11.8 Å². The van der Waals surface area contributed by atoms with Crippen molar-refractivity contribution < 1.29 is 9.59 Å². The molecule has 1 aliphatic heterocycles. The van der Waals surface area contributed by atoms with Gasteiger partial charge in [0.1, 0.15) is 0 Å². The van der Waals surface area contributed by atoms with Gasteiger partial charge in [0, 0.05) is 13.1 Å². The summed E-state index contributed by atoms with van der Waals surface area (Å²) >= 11 is 0. The number of rotatable bonds is 6. The van der Waals surface area contributed by atoms with Crippen LogP contribution in [0.15, 0.2) is 24.3 Å². The van der Waals surface area contributed by atoms with Crippen molar-refractivity contribution in [2.45, 2.75) is 45.1 Å². The zero-order valence-corrected chi connectivity index (χ0v) is 15.1. The molecule has 4 N–H and O–H groups in total. The molecule has 1 atom stereocenters. The van der Waals surface area contributed by atoms with E-state index in [1.165, 1.54) is 11.1 Å². The summed E-state index contributed by atoms with van der Waals surface area (Å²) in [5, 5.41) is 0. The van der Waals surface area contributed by atoms with Crippen LogP contribution in [0.3, 0.4) is 0 Å². The third-order valence-corrected chi connectivity index (χ3v) is 4.63. The summed E-state index contributed by atoms with van der Waals surface area (Å²) in [5.41, 5.74) is 13.5. The monoisotopic (exact) mass is 353 g/mol. The Morgan fingerprint density at radius 2 is 1.79 bits per heavy atom. The maximum atomic E-state index is 12.1. The van der Waals surface area contributed by atoms with Gasteiger partial charge in [0.05, 0.1) is 12.5 Å². The van der Waals surface area contributed by atoms with E-state index in [0.717, 1.165) is 38.8 Å². The molecule has 1 heterocycles. The predicted molar refractivity (Wildman–Crippen MR) is 97.8 cm³/mol. The van der Waals surface area contributed by atoms with E-state index in [1.807, 2.05) is 0 Å². The number of piperidine rings is 1. The van der Waals surface area contributed by atoms with Crippen molar-refractivity contribution in [1.82, 2.24) is 4.90 Å². The lowest BCUT2D eigenvalue weighted by molar-refractivity contribution is -0.135. The average molecular weight is 354 g/mol. The number of nitrogens with zero attached hydrogens (tertiary/aromatic N) is 1. The molecule has 0 radical (unpaired) electrons. The molecule has 1 saturated heterocycles. The highest BCUT2D eigenvalue weighted by molar-refractivity contribution is 5.87. The quantitative estimate of drug-likeness (QED) is 0.817. The highest BCUT2D eigenvalue weighted by Gasteiger charge is 2.26. The molecule has 5 nitrogen and oxygen atoms in total. The Hall–Kier alpha value is -1.59. The summed E-state index contributed by atoms with van der Waals surface area (Å²) in [6, 6.07) is 7.89. The average Bonchev–Trinajstić information content (AvgIpc) is 2.53. The van der Waals surface area contributed by atoms with Gasteiger partial charge in [-0.25, -0.2) is 0 Å². The number of primary amides is 1. The molecule has 1 unspecified atom stereocenters. The van der Waals surface area contributed by atoms with Crippen molar-refractivity contribution >= 4 is 24.2 Å². The normalized spacial score (nSPS) is 16.3. The van der Waals surface area contributed by atoms with Crippen LogP contribution < -0.4 is 11.5 Å². The van der Waals surface area contributed by atoms with Crippen molar-refractivity contribution in [2.75, 3.05) is 13.1 Å². The van der Waals surface area contributed by atoms with Crippen LogP contribution in [0, 0.1) is 12.8 Å². The van der Waals surface area contributed by atoms with E-state index >= 15 is 0 Å². The number of carbonyl (C=O) groups excluding carboxylic acids is 2. The highest BCUT2D eigenvalue weighted by atomic mass is 35.5. The van der Waals surface area contributed by atoms with E-state index in [9.17, 15) is 9.59 Å². The smallest absolute Gasteiger partial charge is 0.240 e. The van der Waals surface area contributed by atoms with E-state index in [-0.39, 0.29) is 24.7 Å². The molecule has 0 aromatic heterocycles. The molecule has 24 heavy (non-hydrogen) atoms. The number of amides is 2. The maximum absolute atomic E-state index is 12.1. The second-order valence-electron chi connectivity index (χ2n) is 6.57. The highest BCUT2D eigenvalue weighted by Crippen LogP contribution is 2.23. The van der Waals surface area contributed by atoms with Crippen molar-refractivity contribution in [3.63, 3.8) is 0 Å². The van der Waals surface area contributed by atoms with Crippen LogP contribution in [-0.2, 0) is 16.0 Å². The Labute approximate surface area is 150 Å². The molecule has 1 fully saturated rings. The SMILES string of the molecule is Cc1ccc(CCC2CCN(C(=O)C(N)CC(N)=O)CC2)cc1.Cl. The van der Waals surface area contributed by atoms with Crippen molar-refractivity contribution in [3.05, 3.63) is 35.4 Å². The number of hydrogen-bond acceptors (Lipinski definition) is 3. The Balaban J connectivity index is 0.00000288. The second-order valence-corrected chi connectivity index (χ2v) is 6.57. The first kappa shape index (κ1) is 20.5. The number of halogens is 1. The molecule has 0 aliphatic carbocycles. The minimum atomic E-state index is -0.795. The van der Waals surface area contributed by atoms with E-state index in [2.05, 4.69) is 31.2 Å². The van der Waals surface area contributed by atoms with E-state index < -0.39 is 11.9 Å². The number of carbonyl (C=O) groups is 2. The number of aryl methyl sites for hydroxylation is 2. The summed E-state index contributed by atoms with van der Waals surface area (Å²) < 4.78 is 0. The fourth-order valence-electron chi connectivity index (χ4n) is 3.11. The predicted octanol–water partition coefficient (Wildman–Crippen LogP) is 1.79. The molecule has 1 aliphatic rings. The molecular weight excluding hydrogens is 326 g/mol. The number of likely N-dealkylation sites (tertiary alicyclic amines) is 1. The van der Waals surface area contributed by atoms with Gasteiger partial charge in [-0.15, -0.1) is 12.4 Å². The Morgan fingerprint density at radius 3 is 2.33 bits per heavy atom. The Morgan fingerprint density at radius 1 is 1.21 bits per heavy atom. The third kappa shape index (κ3) is 6.13. The van der Waals surface area contributed by atoms with Gasteiger partial charge in [-0.2, -0.15) is 0 Å². The lowest BCUT2D eigenvalue weighted by Crippen LogP contribution is -2.48. The topological polar surface area (TPSA) is 89.4 Å². The lowest BCUT2D eigenvalue weighted by Gasteiger charge is -2.33.